The molecule has 0 amide bonds. The largest absolute Gasteiger partial charge is 0.312 e. The lowest BCUT2D eigenvalue weighted by molar-refractivity contribution is 0.626. The van der Waals surface area contributed by atoms with E-state index < -0.39 is 0 Å². The minimum Gasteiger partial charge on any atom is -0.312 e. The number of thiazole rings is 1. The molecular formula is C14H24N2S. The molecule has 0 bridgehead atoms. The molecule has 3 heteroatoms. The Balaban J connectivity index is 2.12. The summed E-state index contributed by atoms with van der Waals surface area (Å²) >= 11 is 1.94. The van der Waals surface area contributed by atoms with E-state index in [4.69, 9.17) is 4.98 Å². The zero-order valence-electron chi connectivity index (χ0n) is 11.4. The quantitative estimate of drug-likeness (QED) is 0.837. The fraction of sp³-hybridized carbons (Fsp3) is 0.786. The van der Waals surface area contributed by atoms with Crippen LogP contribution in [0.15, 0.2) is 0 Å². The molecule has 0 aliphatic heterocycles. The summed E-state index contributed by atoms with van der Waals surface area (Å²) in [5.74, 6) is 2.32. The third-order valence-electron chi connectivity index (χ3n) is 3.36. The molecule has 1 aliphatic rings. The summed E-state index contributed by atoms with van der Waals surface area (Å²) in [6.07, 6.45) is 2.47. The Morgan fingerprint density at radius 2 is 2.18 bits per heavy atom. The lowest BCUT2D eigenvalue weighted by atomic mass is 10.1. The average molecular weight is 252 g/mol. The Bertz CT molecular complexity index is 370. The van der Waals surface area contributed by atoms with Crippen LogP contribution in [0.1, 0.15) is 55.6 Å². The van der Waals surface area contributed by atoms with Crippen molar-refractivity contribution in [2.45, 2.75) is 53.0 Å². The summed E-state index contributed by atoms with van der Waals surface area (Å²) in [6, 6.07) is 0. The summed E-state index contributed by atoms with van der Waals surface area (Å²) in [4.78, 5) is 6.36. The highest BCUT2D eigenvalue weighted by atomic mass is 32.1. The Kier molecular flexibility index (Phi) is 4.21. The van der Waals surface area contributed by atoms with Crippen LogP contribution in [0.4, 0.5) is 0 Å². The third-order valence-corrected chi connectivity index (χ3v) is 4.59. The van der Waals surface area contributed by atoms with Gasteiger partial charge in [0.1, 0.15) is 0 Å². The second-order valence-corrected chi connectivity index (χ2v) is 6.73. The molecule has 2 nitrogen and oxygen atoms in total. The SMILES string of the molecule is CCNCc1sc(C2CC2C)nc1CC(C)C. The second-order valence-electron chi connectivity index (χ2n) is 5.62. The van der Waals surface area contributed by atoms with Gasteiger partial charge in [-0.1, -0.05) is 27.7 Å². The maximum atomic E-state index is 4.89. The number of hydrogen-bond donors (Lipinski definition) is 1. The first-order chi connectivity index (χ1) is 8.11. The lowest BCUT2D eigenvalue weighted by Gasteiger charge is -2.04. The van der Waals surface area contributed by atoms with Crippen LogP contribution in [0.5, 0.6) is 0 Å². The van der Waals surface area contributed by atoms with Crippen LogP contribution in [0.3, 0.4) is 0 Å². The van der Waals surface area contributed by atoms with Gasteiger partial charge in [0.15, 0.2) is 0 Å². The van der Waals surface area contributed by atoms with Crippen molar-refractivity contribution in [2.75, 3.05) is 6.54 Å². The number of hydrogen-bond acceptors (Lipinski definition) is 3. The minimum absolute atomic E-state index is 0.696. The molecule has 2 rings (SSSR count). The van der Waals surface area contributed by atoms with E-state index in [1.165, 1.54) is 22.0 Å². The number of aromatic nitrogens is 1. The molecule has 0 aromatic carbocycles. The fourth-order valence-corrected chi connectivity index (χ4v) is 3.46. The molecule has 1 saturated carbocycles. The van der Waals surface area contributed by atoms with E-state index >= 15 is 0 Å². The van der Waals surface area contributed by atoms with Crippen LogP contribution in [0.2, 0.25) is 0 Å². The minimum atomic E-state index is 0.696. The molecular weight excluding hydrogens is 228 g/mol. The fourth-order valence-electron chi connectivity index (χ4n) is 2.15. The molecule has 1 aromatic heterocycles. The topological polar surface area (TPSA) is 24.9 Å². The van der Waals surface area contributed by atoms with E-state index in [1.54, 1.807) is 0 Å². The summed E-state index contributed by atoms with van der Waals surface area (Å²) in [5, 5.41) is 4.82. The maximum Gasteiger partial charge on any atom is 0.0965 e. The molecule has 17 heavy (non-hydrogen) atoms. The van der Waals surface area contributed by atoms with E-state index in [2.05, 4.69) is 33.0 Å². The van der Waals surface area contributed by atoms with Crippen LogP contribution in [0, 0.1) is 11.8 Å². The molecule has 1 fully saturated rings. The van der Waals surface area contributed by atoms with Crippen molar-refractivity contribution in [3.8, 4) is 0 Å². The number of nitrogens with one attached hydrogen (secondary N) is 1. The van der Waals surface area contributed by atoms with Crippen LogP contribution < -0.4 is 5.32 Å². The van der Waals surface area contributed by atoms with Crippen molar-refractivity contribution in [1.29, 1.82) is 0 Å². The summed E-state index contributed by atoms with van der Waals surface area (Å²) in [7, 11) is 0. The maximum absolute atomic E-state index is 4.89. The van der Waals surface area contributed by atoms with E-state index in [1.807, 2.05) is 11.3 Å². The lowest BCUT2D eigenvalue weighted by Crippen LogP contribution is -2.12. The molecule has 96 valence electrons. The van der Waals surface area contributed by atoms with Crippen LogP contribution in [0.25, 0.3) is 0 Å². The monoisotopic (exact) mass is 252 g/mol. The Morgan fingerprint density at radius 1 is 1.47 bits per heavy atom. The van der Waals surface area contributed by atoms with Gasteiger partial charge in [-0.25, -0.2) is 4.98 Å². The molecule has 0 radical (unpaired) electrons. The molecule has 1 N–H and O–H groups in total. The smallest absolute Gasteiger partial charge is 0.0965 e. The second kappa shape index (κ2) is 5.49. The van der Waals surface area contributed by atoms with Crippen molar-refractivity contribution in [3.63, 3.8) is 0 Å². The van der Waals surface area contributed by atoms with Crippen molar-refractivity contribution in [3.05, 3.63) is 15.6 Å². The van der Waals surface area contributed by atoms with Gasteiger partial charge in [-0.3, -0.25) is 0 Å². The van der Waals surface area contributed by atoms with Gasteiger partial charge in [0.05, 0.1) is 10.7 Å². The van der Waals surface area contributed by atoms with Crippen LogP contribution in [-0.2, 0) is 13.0 Å². The number of rotatable bonds is 6. The molecule has 1 aliphatic carbocycles. The standard InChI is InChI=1S/C14H24N2S/c1-5-15-8-13-12(6-9(2)3)16-14(17-13)11-7-10(11)4/h9-11,15H,5-8H2,1-4H3. The molecule has 2 atom stereocenters. The van der Waals surface area contributed by atoms with E-state index in [-0.39, 0.29) is 0 Å². The van der Waals surface area contributed by atoms with Gasteiger partial charge in [0.2, 0.25) is 0 Å². The molecule has 1 heterocycles. The first kappa shape index (κ1) is 13.0. The van der Waals surface area contributed by atoms with Gasteiger partial charge >= 0.3 is 0 Å². The van der Waals surface area contributed by atoms with Crippen molar-refractivity contribution < 1.29 is 0 Å². The Labute approximate surface area is 109 Å². The summed E-state index contributed by atoms with van der Waals surface area (Å²) in [5.41, 5.74) is 1.35. The Hall–Kier alpha value is -0.410. The van der Waals surface area contributed by atoms with Crippen LogP contribution >= 0.6 is 11.3 Å². The van der Waals surface area contributed by atoms with Gasteiger partial charge in [0.25, 0.3) is 0 Å². The highest BCUT2D eigenvalue weighted by Crippen LogP contribution is 2.48. The first-order valence-electron chi connectivity index (χ1n) is 6.81. The van der Waals surface area contributed by atoms with Crippen molar-refractivity contribution >= 4 is 11.3 Å². The molecule has 0 saturated heterocycles. The van der Waals surface area contributed by atoms with Crippen molar-refractivity contribution in [1.82, 2.24) is 10.3 Å². The van der Waals surface area contributed by atoms with Gasteiger partial charge in [-0.2, -0.15) is 0 Å². The number of nitrogens with zero attached hydrogens (tertiary/aromatic N) is 1. The van der Waals surface area contributed by atoms with E-state index in [9.17, 15) is 0 Å². The van der Waals surface area contributed by atoms with Gasteiger partial charge in [-0.05, 0) is 31.2 Å². The van der Waals surface area contributed by atoms with E-state index in [0.717, 1.165) is 31.3 Å². The van der Waals surface area contributed by atoms with Crippen LogP contribution in [-0.4, -0.2) is 11.5 Å². The first-order valence-corrected chi connectivity index (χ1v) is 7.62. The summed E-state index contributed by atoms with van der Waals surface area (Å²) < 4.78 is 0. The predicted octanol–water partition coefficient (Wildman–Crippen LogP) is 3.57. The zero-order chi connectivity index (χ0) is 12.4. The molecule has 0 spiro atoms. The van der Waals surface area contributed by atoms with Gasteiger partial charge < -0.3 is 5.32 Å². The summed E-state index contributed by atoms with van der Waals surface area (Å²) in [6.45, 7) is 11.1. The normalized spacial score (nSPS) is 23.4. The van der Waals surface area contributed by atoms with Gasteiger partial charge in [0, 0.05) is 17.3 Å². The predicted molar refractivity (Wildman–Crippen MR) is 74.6 cm³/mol. The molecule has 2 unspecified atom stereocenters. The zero-order valence-corrected chi connectivity index (χ0v) is 12.2. The van der Waals surface area contributed by atoms with E-state index in [0.29, 0.717) is 5.92 Å². The Morgan fingerprint density at radius 3 is 2.71 bits per heavy atom. The van der Waals surface area contributed by atoms with Crippen molar-refractivity contribution in [2.24, 2.45) is 11.8 Å². The molecule has 1 aromatic rings. The average Bonchev–Trinajstić information content (AvgIpc) is 2.86. The highest BCUT2D eigenvalue weighted by molar-refractivity contribution is 7.11. The van der Waals surface area contributed by atoms with Gasteiger partial charge in [-0.15, -0.1) is 11.3 Å². The highest BCUT2D eigenvalue weighted by Gasteiger charge is 2.37. The third kappa shape index (κ3) is 3.29.